The summed E-state index contributed by atoms with van der Waals surface area (Å²) in [6, 6.07) is 19.6. The average molecular weight is 549 g/mol. The Morgan fingerprint density at radius 2 is 1.69 bits per heavy atom. The van der Waals surface area contributed by atoms with E-state index in [0.29, 0.717) is 30.9 Å². The molecule has 2 aliphatic rings. The van der Waals surface area contributed by atoms with Crippen LogP contribution in [0.1, 0.15) is 42.9 Å². The molecule has 0 saturated heterocycles. The maximum atomic E-state index is 13.9. The number of halogens is 1. The summed E-state index contributed by atoms with van der Waals surface area (Å²) < 4.78 is 17.9. The fourth-order valence-corrected chi connectivity index (χ4v) is 5.80. The zero-order chi connectivity index (χ0) is 25.2. The molecule has 1 aliphatic heterocycles. The quantitative estimate of drug-likeness (QED) is 0.351. The van der Waals surface area contributed by atoms with Gasteiger partial charge in [-0.15, -0.1) is 0 Å². The molecule has 6 nitrogen and oxygen atoms in total. The molecule has 1 aliphatic carbocycles. The van der Waals surface area contributed by atoms with Crippen molar-refractivity contribution in [3.63, 3.8) is 0 Å². The second-order valence-corrected chi connectivity index (χ2v) is 9.73. The third kappa shape index (κ3) is 4.44. The van der Waals surface area contributed by atoms with Crippen LogP contribution in [-0.4, -0.2) is 26.6 Å². The molecule has 7 heteroatoms. The molecule has 186 valence electrons. The SMILES string of the molecule is CCOc1cc(C2Nc3ccccc3NC3=C2C(=O)CC(c2ccccc2OC)C3)cc(Br)c1OC. The fraction of sp³-hybridized carbons (Fsp3) is 0.276. The van der Waals surface area contributed by atoms with Crippen LogP contribution in [0.4, 0.5) is 11.4 Å². The highest BCUT2D eigenvalue weighted by atomic mass is 79.9. The lowest BCUT2D eigenvalue weighted by Gasteiger charge is -2.30. The number of carbonyl (C=O) groups excluding carboxylic acids is 1. The van der Waals surface area contributed by atoms with Gasteiger partial charge < -0.3 is 24.8 Å². The Bertz CT molecular complexity index is 1340. The van der Waals surface area contributed by atoms with Crippen LogP contribution in [0.2, 0.25) is 0 Å². The Labute approximate surface area is 219 Å². The lowest BCUT2D eigenvalue weighted by atomic mass is 9.78. The minimum absolute atomic E-state index is 0.0207. The van der Waals surface area contributed by atoms with Crippen LogP contribution in [0.15, 0.2) is 76.4 Å². The van der Waals surface area contributed by atoms with Crippen LogP contribution in [0, 0.1) is 0 Å². The van der Waals surface area contributed by atoms with Gasteiger partial charge in [-0.3, -0.25) is 4.79 Å². The Morgan fingerprint density at radius 3 is 2.44 bits per heavy atom. The molecular weight excluding hydrogens is 520 g/mol. The molecule has 2 N–H and O–H groups in total. The Balaban J connectivity index is 1.64. The predicted octanol–water partition coefficient (Wildman–Crippen LogP) is 6.84. The molecule has 2 unspecified atom stereocenters. The zero-order valence-electron chi connectivity index (χ0n) is 20.6. The van der Waals surface area contributed by atoms with Gasteiger partial charge in [0.15, 0.2) is 17.3 Å². The first kappa shape index (κ1) is 24.3. The van der Waals surface area contributed by atoms with Crippen LogP contribution < -0.4 is 24.8 Å². The molecular formula is C29H29BrN2O4. The smallest absolute Gasteiger partial charge is 0.174 e. The summed E-state index contributed by atoms with van der Waals surface area (Å²) in [6.07, 6.45) is 1.11. The van der Waals surface area contributed by atoms with Crippen molar-refractivity contribution in [3.8, 4) is 17.2 Å². The van der Waals surface area contributed by atoms with Crippen molar-refractivity contribution in [1.82, 2.24) is 0 Å². The van der Waals surface area contributed by atoms with Gasteiger partial charge in [-0.25, -0.2) is 0 Å². The number of rotatable bonds is 6. The van der Waals surface area contributed by atoms with E-state index >= 15 is 0 Å². The highest BCUT2D eigenvalue weighted by molar-refractivity contribution is 9.10. The molecule has 0 bridgehead atoms. The molecule has 36 heavy (non-hydrogen) atoms. The first-order valence-corrected chi connectivity index (χ1v) is 12.8. The standard InChI is InChI=1S/C29H29BrN2O4/c1-4-36-26-16-18(13-20(30)29(26)35-3)28-27-23(31-21-10-6-7-11-22(21)32-28)14-17(15-24(27)33)19-9-5-8-12-25(19)34-2/h5-13,16-17,28,31-32H,4,14-15H2,1-3H3. The van der Waals surface area contributed by atoms with E-state index < -0.39 is 0 Å². The van der Waals surface area contributed by atoms with E-state index in [1.807, 2.05) is 61.5 Å². The number of hydrogen-bond acceptors (Lipinski definition) is 6. The lowest BCUT2D eigenvalue weighted by Crippen LogP contribution is -2.27. The van der Waals surface area contributed by atoms with E-state index in [1.54, 1.807) is 14.2 Å². The summed E-state index contributed by atoms with van der Waals surface area (Å²) in [5.74, 6) is 2.20. The number of Topliss-reactive ketones (excluding diaryl/α,β-unsaturated/α-hetero) is 1. The van der Waals surface area contributed by atoms with E-state index in [4.69, 9.17) is 14.2 Å². The second kappa shape index (κ2) is 10.3. The van der Waals surface area contributed by atoms with Gasteiger partial charge >= 0.3 is 0 Å². The topological polar surface area (TPSA) is 68.8 Å². The van der Waals surface area contributed by atoms with Gasteiger partial charge in [-0.1, -0.05) is 30.3 Å². The molecule has 2 atom stereocenters. The van der Waals surface area contributed by atoms with Crippen molar-refractivity contribution in [3.05, 3.63) is 87.5 Å². The third-order valence-electron chi connectivity index (χ3n) is 6.76. The first-order valence-electron chi connectivity index (χ1n) is 12.1. The summed E-state index contributed by atoms with van der Waals surface area (Å²) in [4.78, 5) is 13.9. The molecule has 3 aromatic rings. The number of nitrogens with one attached hydrogen (secondary N) is 2. The number of hydrogen-bond donors (Lipinski definition) is 2. The Kier molecular flexibility index (Phi) is 6.92. The van der Waals surface area contributed by atoms with E-state index in [1.165, 1.54) is 0 Å². The minimum atomic E-state index is -0.358. The Morgan fingerprint density at radius 1 is 0.944 bits per heavy atom. The second-order valence-electron chi connectivity index (χ2n) is 8.88. The van der Waals surface area contributed by atoms with Crippen LogP contribution >= 0.6 is 15.9 Å². The van der Waals surface area contributed by atoms with Crippen molar-refractivity contribution < 1.29 is 19.0 Å². The minimum Gasteiger partial charge on any atom is -0.496 e. The van der Waals surface area contributed by atoms with Crippen LogP contribution in [-0.2, 0) is 4.79 Å². The molecule has 1 heterocycles. The monoisotopic (exact) mass is 548 g/mol. The van der Waals surface area contributed by atoms with Gasteiger partial charge in [0.1, 0.15) is 5.75 Å². The highest BCUT2D eigenvalue weighted by Gasteiger charge is 2.37. The summed E-state index contributed by atoms with van der Waals surface area (Å²) in [5, 5.41) is 7.23. The van der Waals surface area contributed by atoms with Gasteiger partial charge in [0.25, 0.3) is 0 Å². The summed E-state index contributed by atoms with van der Waals surface area (Å²) in [5.41, 5.74) is 5.52. The van der Waals surface area contributed by atoms with Crippen molar-refractivity contribution in [1.29, 1.82) is 0 Å². The molecule has 0 spiro atoms. The normalized spacial score (nSPS) is 18.8. The van der Waals surface area contributed by atoms with Crippen LogP contribution in [0.5, 0.6) is 17.2 Å². The van der Waals surface area contributed by atoms with Crippen molar-refractivity contribution in [2.45, 2.75) is 31.7 Å². The van der Waals surface area contributed by atoms with E-state index in [9.17, 15) is 4.79 Å². The largest absolute Gasteiger partial charge is 0.496 e. The number of methoxy groups -OCH3 is 2. The van der Waals surface area contributed by atoms with E-state index in [2.05, 4.69) is 32.6 Å². The van der Waals surface area contributed by atoms with Crippen molar-refractivity contribution in [2.75, 3.05) is 31.5 Å². The number of fused-ring (bicyclic) bond motifs is 1. The number of ether oxygens (including phenoxy) is 3. The third-order valence-corrected chi connectivity index (χ3v) is 7.35. The lowest BCUT2D eigenvalue weighted by molar-refractivity contribution is -0.116. The highest BCUT2D eigenvalue weighted by Crippen LogP contribution is 2.47. The number of allylic oxidation sites excluding steroid dienone is 1. The van der Waals surface area contributed by atoms with E-state index in [0.717, 1.165) is 44.0 Å². The van der Waals surface area contributed by atoms with Crippen LogP contribution in [0.3, 0.4) is 0 Å². The Hall–Kier alpha value is -3.45. The van der Waals surface area contributed by atoms with Gasteiger partial charge in [-0.2, -0.15) is 0 Å². The maximum absolute atomic E-state index is 13.9. The molecule has 3 aromatic carbocycles. The summed E-state index contributed by atoms with van der Waals surface area (Å²) in [6.45, 7) is 2.44. The van der Waals surface area contributed by atoms with Gasteiger partial charge in [0, 0.05) is 23.6 Å². The number of anilines is 2. The fourth-order valence-electron chi connectivity index (χ4n) is 5.18. The van der Waals surface area contributed by atoms with Crippen LogP contribution in [0.25, 0.3) is 0 Å². The molecule has 0 aromatic heterocycles. The number of para-hydroxylation sites is 3. The molecule has 0 fully saturated rings. The molecule has 0 saturated carbocycles. The first-order chi connectivity index (χ1) is 17.5. The number of benzene rings is 3. The zero-order valence-corrected chi connectivity index (χ0v) is 22.1. The number of carbonyl (C=O) groups is 1. The van der Waals surface area contributed by atoms with Crippen molar-refractivity contribution >= 4 is 33.1 Å². The molecule has 0 amide bonds. The predicted molar refractivity (Wildman–Crippen MR) is 145 cm³/mol. The van der Waals surface area contributed by atoms with E-state index in [-0.39, 0.29) is 17.7 Å². The van der Waals surface area contributed by atoms with Crippen molar-refractivity contribution in [2.24, 2.45) is 0 Å². The van der Waals surface area contributed by atoms with Gasteiger partial charge in [-0.05, 0) is 70.7 Å². The number of ketones is 1. The maximum Gasteiger partial charge on any atom is 0.174 e. The summed E-state index contributed by atoms with van der Waals surface area (Å²) >= 11 is 3.64. The average Bonchev–Trinajstić information content (AvgIpc) is 3.05. The van der Waals surface area contributed by atoms with Gasteiger partial charge in [0.05, 0.1) is 42.7 Å². The molecule has 5 rings (SSSR count). The van der Waals surface area contributed by atoms with Gasteiger partial charge in [0.2, 0.25) is 0 Å². The molecule has 0 radical (unpaired) electrons. The summed E-state index contributed by atoms with van der Waals surface area (Å²) in [7, 11) is 3.29.